The molecule has 102 valence electrons. The van der Waals surface area contributed by atoms with Gasteiger partial charge in [0.25, 0.3) is 0 Å². The Balaban J connectivity index is 1.98. The van der Waals surface area contributed by atoms with E-state index in [9.17, 15) is 0 Å². The largest absolute Gasteiger partial charge is 0.329 e. The molecule has 4 heteroatoms. The predicted molar refractivity (Wildman–Crippen MR) is 81.4 cm³/mol. The standard InChI is InChI=1S/C15H21N3S/c1-12-7-10-19-15(12)14(11-16)18(2)9-6-13-5-3-4-8-17-13/h3-5,7-8,10,14H,6,9,11,16H2,1-2H3. The van der Waals surface area contributed by atoms with E-state index in [1.807, 2.05) is 18.3 Å². The molecule has 0 radical (unpaired) electrons. The molecule has 0 aliphatic rings. The molecule has 2 aromatic rings. The van der Waals surface area contributed by atoms with Gasteiger partial charge < -0.3 is 5.73 Å². The number of aryl methyl sites for hydroxylation is 1. The molecule has 0 saturated heterocycles. The molecular formula is C15H21N3S. The molecule has 0 aliphatic carbocycles. The first kappa shape index (κ1) is 14.2. The average Bonchev–Trinajstić information content (AvgIpc) is 2.85. The number of thiophene rings is 1. The number of nitrogens with two attached hydrogens (primary N) is 1. The summed E-state index contributed by atoms with van der Waals surface area (Å²) < 4.78 is 0. The fourth-order valence-corrected chi connectivity index (χ4v) is 3.31. The van der Waals surface area contributed by atoms with E-state index in [-0.39, 0.29) is 0 Å². The lowest BCUT2D eigenvalue weighted by molar-refractivity contribution is 0.255. The maximum absolute atomic E-state index is 5.95. The third-order valence-electron chi connectivity index (χ3n) is 3.41. The lowest BCUT2D eigenvalue weighted by Gasteiger charge is -2.26. The summed E-state index contributed by atoms with van der Waals surface area (Å²) in [5, 5.41) is 2.14. The second-order valence-corrected chi connectivity index (χ2v) is 5.72. The quantitative estimate of drug-likeness (QED) is 0.881. The van der Waals surface area contributed by atoms with E-state index >= 15 is 0 Å². The fraction of sp³-hybridized carbons (Fsp3) is 0.400. The third-order valence-corrected chi connectivity index (χ3v) is 4.53. The normalized spacial score (nSPS) is 12.8. The average molecular weight is 275 g/mol. The number of hydrogen-bond donors (Lipinski definition) is 1. The molecule has 0 saturated carbocycles. The van der Waals surface area contributed by atoms with Crippen molar-refractivity contribution in [2.75, 3.05) is 20.1 Å². The van der Waals surface area contributed by atoms with Crippen LogP contribution in [0.15, 0.2) is 35.8 Å². The monoisotopic (exact) mass is 275 g/mol. The lowest BCUT2D eigenvalue weighted by atomic mass is 10.1. The minimum Gasteiger partial charge on any atom is -0.329 e. The van der Waals surface area contributed by atoms with E-state index < -0.39 is 0 Å². The van der Waals surface area contributed by atoms with Crippen molar-refractivity contribution in [1.82, 2.24) is 9.88 Å². The Morgan fingerprint density at radius 2 is 2.21 bits per heavy atom. The van der Waals surface area contributed by atoms with E-state index in [1.165, 1.54) is 10.4 Å². The summed E-state index contributed by atoms with van der Waals surface area (Å²) in [4.78, 5) is 8.07. The molecule has 0 aliphatic heterocycles. The highest BCUT2D eigenvalue weighted by molar-refractivity contribution is 7.10. The summed E-state index contributed by atoms with van der Waals surface area (Å²) in [6, 6.07) is 8.53. The van der Waals surface area contributed by atoms with E-state index in [2.05, 4.69) is 41.4 Å². The summed E-state index contributed by atoms with van der Waals surface area (Å²) in [7, 11) is 2.14. The van der Waals surface area contributed by atoms with Crippen molar-refractivity contribution in [3.05, 3.63) is 52.0 Å². The Morgan fingerprint density at radius 1 is 1.37 bits per heavy atom. The number of likely N-dealkylation sites (N-methyl/N-ethyl adjacent to an activating group) is 1. The molecule has 0 spiro atoms. The molecule has 19 heavy (non-hydrogen) atoms. The van der Waals surface area contributed by atoms with Crippen LogP contribution in [0.1, 0.15) is 22.2 Å². The maximum Gasteiger partial charge on any atom is 0.0564 e. The first-order valence-corrected chi connectivity index (χ1v) is 7.44. The highest BCUT2D eigenvalue weighted by Crippen LogP contribution is 2.27. The van der Waals surface area contributed by atoms with Gasteiger partial charge in [-0.3, -0.25) is 9.88 Å². The molecule has 0 amide bonds. The zero-order valence-corrected chi connectivity index (χ0v) is 12.4. The summed E-state index contributed by atoms with van der Waals surface area (Å²) in [5.41, 5.74) is 8.42. The van der Waals surface area contributed by atoms with Crippen LogP contribution in [0.25, 0.3) is 0 Å². The van der Waals surface area contributed by atoms with Crippen LogP contribution in [0.4, 0.5) is 0 Å². The van der Waals surface area contributed by atoms with Crippen LogP contribution in [-0.4, -0.2) is 30.0 Å². The van der Waals surface area contributed by atoms with Crippen molar-refractivity contribution in [3.8, 4) is 0 Å². The van der Waals surface area contributed by atoms with Gasteiger partial charge in [-0.1, -0.05) is 6.07 Å². The molecular weight excluding hydrogens is 254 g/mol. The van der Waals surface area contributed by atoms with Crippen LogP contribution in [-0.2, 0) is 6.42 Å². The second-order valence-electron chi connectivity index (χ2n) is 4.77. The van der Waals surface area contributed by atoms with Gasteiger partial charge in [0.2, 0.25) is 0 Å². The number of pyridine rings is 1. The molecule has 0 fully saturated rings. The molecule has 2 N–H and O–H groups in total. The van der Waals surface area contributed by atoms with Gasteiger partial charge in [-0.25, -0.2) is 0 Å². The lowest BCUT2D eigenvalue weighted by Crippen LogP contribution is -2.32. The number of hydrogen-bond acceptors (Lipinski definition) is 4. The van der Waals surface area contributed by atoms with E-state index in [1.54, 1.807) is 11.3 Å². The summed E-state index contributed by atoms with van der Waals surface area (Å²) in [5.74, 6) is 0. The van der Waals surface area contributed by atoms with Crippen molar-refractivity contribution in [3.63, 3.8) is 0 Å². The minimum absolute atomic E-state index is 0.309. The van der Waals surface area contributed by atoms with Crippen LogP contribution >= 0.6 is 11.3 Å². The zero-order chi connectivity index (χ0) is 13.7. The van der Waals surface area contributed by atoms with Crippen LogP contribution in [0.2, 0.25) is 0 Å². The number of rotatable bonds is 6. The summed E-state index contributed by atoms with van der Waals surface area (Å²) >= 11 is 1.79. The Hall–Kier alpha value is -1.23. The van der Waals surface area contributed by atoms with Crippen molar-refractivity contribution < 1.29 is 0 Å². The summed E-state index contributed by atoms with van der Waals surface area (Å²) in [6.07, 6.45) is 2.80. The van der Waals surface area contributed by atoms with Gasteiger partial charge in [-0.15, -0.1) is 11.3 Å². The Bertz CT molecular complexity index is 495. The van der Waals surface area contributed by atoms with Crippen LogP contribution in [0.5, 0.6) is 0 Å². The fourth-order valence-electron chi connectivity index (χ4n) is 2.21. The van der Waals surface area contributed by atoms with Gasteiger partial charge in [0.1, 0.15) is 0 Å². The first-order valence-electron chi connectivity index (χ1n) is 6.56. The SMILES string of the molecule is Cc1ccsc1C(CN)N(C)CCc1ccccn1. The highest BCUT2D eigenvalue weighted by atomic mass is 32.1. The van der Waals surface area contributed by atoms with E-state index in [4.69, 9.17) is 5.73 Å². The minimum atomic E-state index is 0.309. The first-order chi connectivity index (χ1) is 9.22. The van der Waals surface area contributed by atoms with Crippen LogP contribution in [0, 0.1) is 6.92 Å². The Kier molecular flexibility index (Phi) is 5.07. The van der Waals surface area contributed by atoms with Crippen molar-refractivity contribution in [2.24, 2.45) is 5.73 Å². The van der Waals surface area contributed by atoms with Crippen LogP contribution in [0.3, 0.4) is 0 Å². The second kappa shape index (κ2) is 6.80. The maximum atomic E-state index is 5.95. The highest BCUT2D eigenvalue weighted by Gasteiger charge is 2.18. The third kappa shape index (κ3) is 3.62. The molecule has 2 rings (SSSR count). The molecule has 1 atom stereocenters. The van der Waals surface area contributed by atoms with Crippen molar-refractivity contribution in [1.29, 1.82) is 0 Å². The molecule has 1 unspecified atom stereocenters. The molecule has 0 bridgehead atoms. The van der Waals surface area contributed by atoms with Gasteiger partial charge in [0, 0.05) is 36.3 Å². The molecule has 3 nitrogen and oxygen atoms in total. The van der Waals surface area contributed by atoms with Gasteiger partial charge >= 0.3 is 0 Å². The topological polar surface area (TPSA) is 42.1 Å². The van der Waals surface area contributed by atoms with Gasteiger partial charge in [-0.2, -0.15) is 0 Å². The molecule has 0 aromatic carbocycles. The number of aromatic nitrogens is 1. The van der Waals surface area contributed by atoms with Crippen molar-refractivity contribution in [2.45, 2.75) is 19.4 Å². The van der Waals surface area contributed by atoms with E-state index in [0.29, 0.717) is 12.6 Å². The van der Waals surface area contributed by atoms with Gasteiger partial charge in [0.05, 0.1) is 6.04 Å². The van der Waals surface area contributed by atoms with E-state index in [0.717, 1.165) is 18.7 Å². The Labute approximate surface area is 119 Å². The summed E-state index contributed by atoms with van der Waals surface area (Å²) in [6.45, 7) is 3.78. The molecule has 2 aromatic heterocycles. The van der Waals surface area contributed by atoms with Gasteiger partial charge in [-0.05, 0) is 43.1 Å². The number of nitrogens with zero attached hydrogens (tertiary/aromatic N) is 2. The van der Waals surface area contributed by atoms with Crippen LogP contribution < -0.4 is 5.73 Å². The van der Waals surface area contributed by atoms with Crippen molar-refractivity contribution >= 4 is 11.3 Å². The Morgan fingerprint density at radius 3 is 2.79 bits per heavy atom. The molecule has 2 heterocycles. The smallest absolute Gasteiger partial charge is 0.0564 e. The van der Waals surface area contributed by atoms with Gasteiger partial charge in [0.15, 0.2) is 0 Å². The predicted octanol–water partition coefficient (Wildman–Crippen LogP) is 2.63. The zero-order valence-electron chi connectivity index (χ0n) is 11.5.